The molecule has 0 heterocycles. The predicted octanol–water partition coefficient (Wildman–Crippen LogP) is 2.43. The topological polar surface area (TPSA) is 58.6 Å². The summed E-state index contributed by atoms with van der Waals surface area (Å²) in [5.74, 6) is -0.617. The van der Waals surface area contributed by atoms with E-state index >= 15 is 0 Å². The number of hydrogen-bond donors (Lipinski definition) is 2. The second-order valence-corrected chi connectivity index (χ2v) is 5.31. The SMILES string of the molecule is CC(C)(C)OC(=O)NCC(CO)c1ccc(F)cc1. The smallest absolute Gasteiger partial charge is 0.407 e. The molecule has 2 N–H and O–H groups in total. The highest BCUT2D eigenvalue weighted by molar-refractivity contribution is 5.67. The van der Waals surface area contributed by atoms with Crippen LogP contribution in [0.5, 0.6) is 0 Å². The monoisotopic (exact) mass is 269 g/mol. The van der Waals surface area contributed by atoms with Gasteiger partial charge in [0.2, 0.25) is 0 Å². The lowest BCUT2D eigenvalue weighted by Crippen LogP contribution is -2.35. The molecule has 0 saturated carbocycles. The van der Waals surface area contributed by atoms with Crippen LogP contribution >= 0.6 is 0 Å². The summed E-state index contributed by atoms with van der Waals surface area (Å²) in [5, 5.41) is 11.9. The van der Waals surface area contributed by atoms with Crippen molar-refractivity contribution in [2.45, 2.75) is 32.3 Å². The van der Waals surface area contributed by atoms with Crippen LogP contribution in [-0.2, 0) is 4.74 Å². The van der Waals surface area contributed by atoms with E-state index in [4.69, 9.17) is 4.74 Å². The van der Waals surface area contributed by atoms with Crippen LogP contribution in [0.3, 0.4) is 0 Å². The largest absolute Gasteiger partial charge is 0.444 e. The third-order valence-corrected chi connectivity index (χ3v) is 2.45. The van der Waals surface area contributed by atoms with Crippen LogP contribution in [0.15, 0.2) is 24.3 Å². The number of benzene rings is 1. The van der Waals surface area contributed by atoms with Crippen molar-refractivity contribution in [3.8, 4) is 0 Å². The summed E-state index contributed by atoms with van der Waals surface area (Å²) < 4.78 is 17.9. The van der Waals surface area contributed by atoms with Gasteiger partial charge in [0.15, 0.2) is 0 Å². The molecule has 1 aromatic carbocycles. The van der Waals surface area contributed by atoms with Crippen molar-refractivity contribution in [3.05, 3.63) is 35.6 Å². The van der Waals surface area contributed by atoms with Crippen molar-refractivity contribution >= 4 is 6.09 Å². The normalized spacial score (nSPS) is 12.9. The van der Waals surface area contributed by atoms with Crippen LogP contribution in [-0.4, -0.2) is 30.0 Å². The van der Waals surface area contributed by atoms with E-state index in [9.17, 15) is 14.3 Å². The molecule has 0 spiro atoms. The lowest BCUT2D eigenvalue weighted by Gasteiger charge is -2.21. The Morgan fingerprint density at radius 3 is 2.42 bits per heavy atom. The van der Waals surface area contributed by atoms with Gasteiger partial charge < -0.3 is 15.2 Å². The number of halogens is 1. The first kappa shape index (κ1) is 15.4. The van der Waals surface area contributed by atoms with E-state index in [1.807, 2.05) is 0 Å². The molecule has 1 amide bonds. The lowest BCUT2D eigenvalue weighted by atomic mass is 10.0. The molecule has 0 fully saturated rings. The molecule has 19 heavy (non-hydrogen) atoms. The third-order valence-electron chi connectivity index (χ3n) is 2.45. The first-order valence-corrected chi connectivity index (χ1v) is 6.15. The molecule has 0 aliphatic rings. The molecule has 0 radical (unpaired) electrons. The van der Waals surface area contributed by atoms with E-state index in [1.54, 1.807) is 32.9 Å². The van der Waals surface area contributed by atoms with Crippen LogP contribution in [0.2, 0.25) is 0 Å². The van der Waals surface area contributed by atoms with Gasteiger partial charge in [-0.25, -0.2) is 9.18 Å². The van der Waals surface area contributed by atoms with Gasteiger partial charge in [0.05, 0.1) is 6.61 Å². The Morgan fingerprint density at radius 1 is 1.37 bits per heavy atom. The Bertz CT molecular complexity index is 412. The van der Waals surface area contributed by atoms with Crippen LogP contribution in [0, 0.1) is 5.82 Å². The van der Waals surface area contributed by atoms with Crippen molar-refractivity contribution in [2.24, 2.45) is 0 Å². The number of carbonyl (C=O) groups excluding carboxylic acids is 1. The first-order valence-electron chi connectivity index (χ1n) is 6.15. The van der Waals surface area contributed by atoms with Gasteiger partial charge in [-0.2, -0.15) is 0 Å². The van der Waals surface area contributed by atoms with Gasteiger partial charge in [-0.05, 0) is 38.5 Å². The highest BCUT2D eigenvalue weighted by atomic mass is 19.1. The molecule has 0 aromatic heterocycles. The summed E-state index contributed by atoms with van der Waals surface area (Å²) in [6, 6.07) is 5.83. The molecular weight excluding hydrogens is 249 g/mol. The van der Waals surface area contributed by atoms with Crippen LogP contribution < -0.4 is 5.32 Å². The van der Waals surface area contributed by atoms with Gasteiger partial charge in [0.25, 0.3) is 0 Å². The van der Waals surface area contributed by atoms with E-state index in [2.05, 4.69) is 5.32 Å². The Balaban J connectivity index is 2.54. The Morgan fingerprint density at radius 2 is 1.95 bits per heavy atom. The number of aliphatic hydroxyl groups is 1. The van der Waals surface area contributed by atoms with Crippen molar-refractivity contribution < 1.29 is 19.0 Å². The second kappa shape index (κ2) is 6.52. The molecule has 0 aliphatic heterocycles. The van der Waals surface area contributed by atoms with Crippen LogP contribution in [0.1, 0.15) is 32.3 Å². The van der Waals surface area contributed by atoms with E-state index < -0.39 is 11.7 Å². The molecule has 106 valence electrons. The number of rotatable bonds is 4. The summed E-state index contributed by atoms with van der Waals surface area (Å²) in [6.07, 6.45) is -0.534. The number of hydrogen-bond acceptors (Lipinski definition) is 3. The fourth-order valence-electron chi connectivity index (χ4n) is 1.54. The molecule has 1 atom stereocenters. The van der Waals surface area contributed by atoms with Crippen LogP contribution in [0.4, 0.5) is 9.18 Å². The fraction of sp³-hybridized carbons (Fsp3) is 0.500. The molecule has 1 aromatic rings. The first-order chi connectivity index (χ1) is 8.81. The van der Waals surface area contributed by atoms with Crippen molar-refractivity contribution in [1.29, 1.82) is 0 Å². The number of alkyl carbamates (subject to hydrolysis) is 1. The highest BCUT2D eigenvalue weighted by Crippen LogP contribution is 2.15. The Hall–Kier alpha value is -1.62. The van der Waals surface area contributed by atoms with Crippen molar-refractivity contribution in [3.63, 3.8) is 0 Å². The number of ether oxygens (including phenoxy) is 1. The van der Waals surface area contributed by atoms with Gasteiger partial charge in [0, 0.05) is 12.5 Å². The molecule has 1 rings (SSSR count). The summed E-state index contributed by atoms with van der Waals surface area (Å²) >= 11 is 0. The van der Waals surface area contributed by atoms with Crippen molar-refractivity contribution in [2.75, 3.05) is 13.2 Å². The van der Waals surface area contributed by atoms with E-state index in [1.165, 1.54) is 12.1 Å². The molecular formula is C14H20FNO3. The maximum Gasteiger partial charge on any atom is 0.407 e. The summed E-state index contributed by atoms with van der Waals surface area (Å²) in [7, 11) is 0. The van der Waals surface area contributed by atoms with Gasteiger partial charge in [0.1, 0.15) is 11.4 Å². The van der Waals surface area contributed by atoms with E-state index in [0.717, 1.165) is 5.56 Å². The van der Waals surface area contributed by atoms with Gasteiger partial charge >= 0.3 is 6.09 Å². The molecule has 4 nitrogen and oxygen atoms in total. The van der Waals surface area contributed by atoms with Crippen LogP contribution in [0.25, 0.3) is 0 Å². The second-order valence-electron chi connectivity index (χ2n) is 5.31. The molecule has 0 bridgehead atoms. The predicted molar refractivity (Wildman–Crippen MR) is 70.5 cm³/mol. The van der Waals surface area contributed by atoms with E-state index in [-0.39, 0.29) is 24.9 Å². The fourth-order valence-corrected chi connectivity index (χ4v) is 1.54. The number of aliphatic hydroxyl groups excluding tert-OH is 1. The summed E-state index contributed by atoms with van der Waals surface area (Å²) in [6.45, 7) is 5.42. The van der Waals surface area contributed by atoms with Gasteiger partial charge in [-0.15, -0.1) is 0 Å². The van der Waals surface area contributed by atoms with Crippen molar-refractivity contribution in [1.82, 2.24) is 5.32 Å². The lowest BCUT2D eigenvalue weighted by molar-refractivity contribution is 0.0521. The highest BCUT2D eigenvalue weighted by Gasteiger charge is 2.18. The zero-order valence-electron chi connectivity index (χ0n) is 11.4. The molecule has 1 unspecified atom stereocenters. The molecule has 0 saturated heterocycles. The summed E-state index contributed by atoms with van der Waals surface area (Å²) in [5.41, 5.74) is 0.203. The average molecular weight is 269 g/mol. The van der Waals surface area contributed by atoms with E-state index in [0.29, 0.717) is 0 Å². The maximum atomic E-state index is 12.8. The maximum absolute atomic E-state index is 12.8. The molecule has 0 aliphatic carbocycles. The quantitative estimate of drug-likeness (QED) is 0.882. The van der Waals surface area contributed by atoms with Gasteiger partial charge in [-0.1, -0.05) is 12.1 Å². The standard InChI is InChI=1S/C14H20FNO3/c1-14(2,3)19-13(18)16-8-11(9-17)10-4-6-12(15)7-5-10/h4-7,11,17H,8-9H2,1-3H3,(H,16,18). The molecule has 5 heteroatoms. The minimum absolute atomic E-state index is 0.137. The Labute approximate surface area is 112 Å². The third kappa shape index (κ3) is 5.70. The zero-order chi connectivity index (χ0) is 14.5. The minimum atomic E-state index is -0.561. The number of carbonyl (C=O) groups is 1. The summed E-state index contributed by atoms with van der Waals surface area (Å²) in [4.78, 5) is 11.5. The Kier molecular flexibility index (Phi) is 5.30. The number of nitrogens with one attached hydrogen (secondary N) is 1. The van der Waals surface area contributed by atoms with Gasteiger partial charge in [-0.3, -0.25) is 0 Å². The minimum Gasteiger partial charge on any atom is -0.444 e. The zero-order valence-corrected chi connectivity index (χ0v) is 11.4. The average Bonchev–Trinajstić information content (AvgIpc) is 2.29. The number of amides is 1.